The van der Waals surface area contributed by atoms with Crippen molar-refractivity contribution in [1.82, 2.24) is 0 Å². The summed E-state index contributed by atoms with van der Waals surface area (Å²) in [5, 5.41) is 68.8. The number of hydrogen-bond acceptors (Lipinski definition) is 10. The minimum absolute atomic E-state index is 0.159. The lowest BCUT2D eigenvalue weighted by Crippen LogP contribution is -2.60. The van der Waals surface area contributed by atoms with Crippen LogP contribution in [0, 0.1) is 0 Å². The summed E-state index contributed by atoms with van der Waals surface area (Å²) in [6.07, 6.45) is -6.71. The fourth-order valence-corrected chi connectivity index (χ4v) is 3.82. The first-order chi connectivity index (χ1) is 14.8. The van der Waals surface area contributed by atoms with E-state index >= 15 is 0 Å². The molecular weight excluding hydrogens is 412 g/mol. The molecule has 4 rings (SSSR count). The van der Waals surface area contributed by atoms with E-state index in [2.05, 4.69) is 0 Å². The Morgan fingerprint density at radius 2 is 1.71 bits per heavy atom. The predicted octanol–water partition coefficient (Wildman–Crippen LogP) is 0.0484. The summed E-state index contributed by atoms with van der Waals surface area (Å²) >= 11 is 0. The Morgan fingerprint density at radius 3 is 2.42 bits per heavy atom. The standard InChI is InChI=1S/C21H24O10/c22-8-17-18(26)19(27)20(28)21(31-17)30-16-7-10(23)6-15-11(16)2-4-14(29-15)9-1-3-12(24)13(25)5-9/h1,3,5-7,14,17-28H,2,4,8H2. The van der Waals surface area contributed by atoms with Crippen molar-refractivity contribution in [2.45, 2.75) is 49.7 Å². The SMILES string of the molecule is OCC1OC(Oc2cc(O)cc3c2CCC(c2ccc(O)c(O)c2)O3)C(O)C(O)C1O. The van der Waals surface area contributed by atoms with Gasteiger partial charge in [-0.05, 0) is 30.5 Å². The molecule has 0 aliphatic carbocycles. The average molecular weight is 436 g/mol. The van der Waals surface area contributed by atoms with Crippen molar-refractivity contribution < 1.29 is 50.0 Å². The Labute approximate surface area is 177 Å². The largest absolute Gasteiger partial charge is 0.508 e. The van der Waals surface area contributed by atoms with E-state index in [9.17, 15) is 35.7 Å². The normalized spacial score (nSPS) is 30.3. The molecule has 0 spiro atoms. The number of hydrogen-bond donors (Lipinski definition) is 7. The van der Waals surface area contributed by atoms with Gasteiger partial charge in [0, 0.05) is 17.7 Å². The van der Waals surface area contributed by atoms with Gasteiger partial charge in [-0.3, -0.25) is 0 Å². The maximum Gasteiger partial charge on any atom is 0.229 e. The van der Waals surface area contributed by atoms with Gasteiger partial charge in [0.05, 0.1) is 6.61 Å². The van der Waals surface area contributed by atoms with Gasteiger partial charge in [0.2, 0.25) is 6.29 Å². The number of benzene rings is 2. The molecule has 0 aromatic heterocycles. The second kappa shape index (κ2) is 8.40. The van der Waals surface area contributed by atoms with E-state index in [0.29, 0.717) is 29.7 Å². The van der Waals surface area contributed by atoms with Crippen LogP contribution in [-0.2, 0) is 11.2 Å². The number of fused-ring (bicyclic) bond motifs is 1. The lowest BCUT2D eigenvalue weighted by atomic mass is 9.96. The molecule has 2 aliphatic heterocycles. The van der Waals surface area contributed by atoms with E-state index in [4.69, 9.17) is 14.2 Å². The van der Waals surface area contributed by atoms with Gasteiger partial charge in [0.1, 0.15) is 47.8 Å². The molecule has 0 saturated carbocycles. The smallest absolute Gasteiger partial charge is 0.229 e. The maximum absolute atomic E-state index is 10.2. The Balaban J connectivity index is 1.58. The van der Waals surface area contributed by atoms with Gasteiger partial charge in [-0.15, -0.1) is 0 Å². The molecule has 6 atom stereocenters. The Kier molecular flexibility index (Phi) is 5.82. The van der Waals surface area contributed by atoms with Crippen molar-refractivity contribution in [3.05, 3.63) is 41.5 Å². The van der Waals surface area contributed by atoms with Crippen LogP contribution in [0.25, 0.3) is 0 Å². The molecule has 0 bridgehead atoms. The first kappa shape index (κ1) is 21.5. The van der Waals surface area contributed by atoms with Crippen LogP contribution in [0.3, 0.4) is 0 Å². The monoisotopic (exact) mass is 436 g/mol. The van der Waals surface area contributed by atoms with Crippen molar-refractivity contribution in [1.29, 1.82) is 0 Å². The lowest BCUT2D eigenvalue weighted by Gasteiger charge is -2.40. The molecular formula is C21H24O10. The summed E-state index contributed by atoms with van der Waals surface area (Å²) in [5.74, 6) is -0.204. The zero-order valence-electron chi connectivity index (χ0n) is 16.3. The highest BCUT2D eigenvalue weighted by atomic mass is 16.7. The second-order valence-electron chi connectivity index (χ2n) is 7.63. The number of aliphatic hydroxyl groups is 4. The van der Waals surface area contributed by atoms with E-state index in [0.717, 1.165) is 0 Å². The van der Waals surface area contributed by atoms with E-state index < -0.39 is 43.4 Å². The van der Waals surface area contributed by atoms with E-state index in [1.165, 1.54) is 24.3 Å². The summed E-state index contributed by atoms with van der Waals surface area (Å²) in [7, 11) is 0. The summed E-state index contributed by atoms with van der Waals surface area (Å²) in [6.45, 7) is -0.590. The Hall–Kier alpha value is -2.76. The molecule has 2 aromatic carbocycles. The average Bonchev–Trinajstić information content (AvgIpc) is 2.75. The van der Waals surface area contributed by atoms with Gasteiger partial charge in [-0.25, -0.2) is 0 Å². The Morgan fingerprint density at radius 1 is 0.935 bits per heavy atom. The van der Waals surface area contributed by atoms with Crippen molar-refractivity contribution in [3.8, 4) is 28.7 Å². The quantitative estimate of drug-likeness (QED) is 0.325. The van der Waals surface area contributed by atoms with Crippen LogP contribution in [0.1, 0.15) is 23.7 Å². The van der Waals surface area contributed by atoms with Crippen LogP contribution in [-0.4, -0.2) is 73.1 Å². The van der Waals surface area contributed by atoms with E-state index in [1.807, 2.05) is 0 Å². The van der Waals surface area contributed by atoms with Crippen LogP contribution in [0.2, 0.25) is 0 Å². The van der Waals surface area contributed by atoms with E-state index in [1.54, 1.807) is 6.07 Å². The predicted molar refractivity (Wildman–Crippen MR) is 104 cm³/mol. The number of aromatic hydroxyl groups is 3. The molecule has 0 radical (unpaired) electrons. The van der Waals surface area contributed by atoms with Gasteiger partial charge in [0.15, 0.2) is 11.5 Å². The van der Waals surface area contributed by atoms with Gasteiger partial charge in [-0.1, -0.05) is 6.07 Å². The number of aliphatic hydroxyl groups excluding tert-OH is 4. The van der Waals surface area contributed by atoms with Gasteiger partial charge in [-0.2, -0.15) is 0 Å². The summed E-state index contributed by atoms with van der Waals surface area (Å²) in [6, 6.07) is 7.11. The molecule has 2 aliphatic rings. The number of phenolic OH excluding ortho intramolecular Hbond substituents is 3. The molecule has 10 heteroatoms. The van der Waals surface area contributed by atoms with Crippen LogP contribution in [0.4, 0.5) is 0 Å². The minimum Gasteiger partial charge on any atom is -0.508 e. The minimum atomic E-state index is -1.59. The first-order valence-electron chi connectivity index (χ1n) is 9.80. The highest BCUT2D eigenvalue weighted by molar-refractivity contribution is 5.52. The van der Waals surface area contributed by atoms with Crippen LogP contribution in [0.5, 0.6) is 28.7 Å². The van der Waals surface area contributed by atoms with Crippen molar-refractivity contribution in [3.63, 3.8) is 0 Å². The van der Waals surface area contributed by atoms with Crippen molar-refractivity contribution in [2.24, 2.45) is 0 Å². The van der Waals surface area contributed by atoms with Gasteiger partial charge < -0.3 is 50.0 Å². The molecule has 168 valence electrons. The number of phenols is 3. The maximum atomic E-state index is 10.2. The fraction of sp³-hybridized carbons (Fsp3) is 0.429. The highest BCUT2D eigenvalue weighted by Gasteiger charge is 2.45. The molecule has 2 heterocycles. The molecule has 0 amide bonds. The third-order valence-corrected chi connectivity index (χ3v) is 5.54. The third-order valence-electron chi connectivity index (χ3n) is 5.54. The van der Waals surface area contributed by atoms with Crippen molar-refractivity contribution >= 4 is 0 Å². The molecule has 1 saturated heterocycles. The molecule has 2 aromatic rings. The number of ether oxygens (including phenoxy) is 3. The third kappa shape index (κ3) is 4.08. The molecule has 31 heavy (non-hydrogen) atoms. The second-order valence-corrected chi connectivity index (χ2v) is 7.63. The Bertz CT molecular complexity index is 946. The molecule has 6 unspecified atom stereocenters. The summed E-state index contributed by atoms with van der Waals surface area (Å²) in [5.41, 5.74) is 1.23. The van der Waals surface area contributed by atoms with Gasteiger partial charge in [0.25, 0.3) is 0 Å². The summed E-state index contributed by atoms with van der Waals surface area (Å²) in [4.78, 5) is 0. The molecule has 10 nitrogen and oxygen atoms in total. The van der Waals surface area contributed by atoms with Crippen molar-refractivity contribution in [2.75, 3.05) is 6.61 Å². The van der Waals surface area contributed by atoms with Crippen LogP contribution < -0.4 is 9.47 Å². The highest BCUT2D eigenvalue weighted by Crippen LogP contribution is 2.43. The first-order valence-corrected chi connectivity index (χ1v) is 9.80. The van der Waals surface area contributed by atoms with Crippen LogP contribution in [0.15, 0.2) is 30.3 Å². The molecule has 7 N–H and O–H groups in total. The number of rotatable bonds is 4. The lowest BCUT2D eigenvalue weighted by molar-refractivity contribution is -0.277. The van der Waals surface area contributed by atoms with E-state index in [-0.39, 0.29) is 23.0 Å². The van der Waals surface area contributed by atoms with Gasteiger partial charge >= 0.3 is 0 Å². The fourth-order valence-electron chi connectivity index (χ4n) is 3.82. The zero-order valence-corrected chi connectivity index (χ0v) is 16.3. The van der Waals surface area contributed by atoms with Crippen LogP contribution >= 0.6 is 0 Å². The zero-order chi connectivity index (χ0) is 22.3. The summed E-state index contributed by atoms with van der Waals surface area (Å²) < 4.78 is 17.0. The molecule has 1 fully saturated rings. The topological polar surface area (TPSA) is 169 Å².